The van der Waals surface area contributed by atoms with Crippen molar-refractivity contribution in [3.63, 3.8) is 0 Å². The Morgan fingerprint density at radius 2 is 1.71 bits per heavy atom. The smallest absolute Gasteiger partial charge is 0.220 e. The molecule has 136 valence electrons. The van der Waals surface area contributed by atoms with Gasteiger partial charge in [-0.25, -0.2) is 0 Å². The van der Waals surface area contributed by atoms with Crippen LogP contribution in [0, 0.1) is 0 Å². The summed E-state index contributed by atoms with van der Waals surface area (Å²) in [5.74, 6) is 0.605. The number of nitrogens with one attached hydrogen (secondary N) is 1. The van der Waals surface area contributed by atoms with Crippen LogP contribution in [0.3, 0.4) is 0 Å². The Morgan fingerprint density at radius 3 is 2.33 bits per heavy atom. The summed E-state index contributed by atoms with van der Waals surface area (Å²) in [4.78, 5) is 11.8. The number of rotatable bonds is 13. The van der Waals surface area contributed by atoms with Crippen LogP contribution in [-0.4, -0.2) is 24.7 Å². The van der Waals surface area contributed by atoms with Gasteiger partial charge in [0.25, 0.3) is 0 Å². The van der Waals surface area contributed by atoms with E-state index in [1.807, 2.05) is 0 Å². The lowest BCUT2D eigenvalue weighted by Crippen LogP contribution is -2.22. The van der Waals surface area contributed by atoms with Gasteiger partial charge in [0.1, 0.15) is 0 Å². The number of hydrogen-bond acceptors (Lipinski definition) is 4. The molecule has 0 fully saturated rings. The van der Waals surface area contributed by atoms with E-state index in [2.05, 4.69) is 5.32 Å². The summed E-state index contributed by atoms with van der Waals surface area (Å²) < 4.78 is 5.06. The van der Waals surface area contributed by atoms with E-state index >= 15 is 0 Å². The molecule has 0 aliphatic heterocycles. The molecule has 1 rings (SSSR count). The van der Waals surface area contributed by atoms with Crippen LogP contribution in [0.1, 0.15) is 63.4 Å². The number of carbonyl (C=O) groups is 1. The zero-order chi connectivity index (χ0) is 17.6. The van der Waals surface area contributed by atoms with Crippen molar-refractivity contribution in [3.8, 4) is 11.5 Å². The van der Waals surface area contributed by atoms with Gasteiger partial charge < -0.3 is 20.9 Å². The van der Waals surface area contributed by atoms with Crippen molar-refractivity contribution in [1.82, 2.24) is 5.32 Å². The minimum Gasteiger partial charge on any atom is -0.504 e. The first-order valence-electron chi connectivity index (χ1n) is 9.00. The number of unbranched alkanes of at least 4 members (excludes halogenated alkanes) is 7. The number of methoxy groups -OCH3 is 1. The van der Waals surface area contributed by atoms with Crippen molar-refractivity contribution in [2.75, 3.05) is 13.7 Å². The molecular formula is C19H32N2O3. The highest BCUT2D eigenvalue weighted by Gasteiger charge is 2.05. The minimum absolute atomic E-state index is 0.0741. The molecule has 1 amide bonds. The highest BCUT2D eigenvalue weighted by Crippen LogP contribution is 2.26. The predicted molar refractivity (Wildman–Crippen MR) is 97.1 cm³/mol. The van der Waals surface area contributed by atoms with Gasteiger partial charge >= 0.3 is 0 Å². The Balaban J connectivity index is 2.06. The number of amides is 1. The predicted octanol–water partition coefficient (Wildman–Crippen LogP) is 3.49. The van der Waals surface area contributed by atoms with Crippen LogP contribution in [0.25, 0.3) is 0 Å². The average molecular weight is 336 g/mol. The second-order valence-electron chi connectivity index (χ2n) is 6.15. The van der Waals surface area contributed by atoms with Crippen molar-refractivity contribution in [1.29, 1.82) is 0 Å². The Morgan fingerprint density at radius 1 is 1.08 bits per heavy atom. The Kier molecular flexibility index (Phi) is 10.7. The van der Waals surface area contributed by atoms with Crippen molar-refractivity contribution >= 4 is 5.91 Å². The van der Waals surface area contributed by atoms with E-state index in [-0.39, 0.29) is 11.7 Å². The Hall–Kier alpha value is -1.75. The maximum Gasteiger partial charge on any atom is 0.220 e. The maximum atomic E-state index is 11.8. The molecule has 0 atom stereocenters. The van der Waals surface area contributed by atoms with Gasteiger partial charge in [0.2, 0.25) is 5.91 Å². The van der Waals surface area contributed by atoms with Crippen molar-refractivity contribution in [2.24, 2.45) is 5.73 Å². The summed E-state index contributed by atoms with van der Waals surface area (Å²) in [7, 11) is 1.51. The van der Waals surface area contributed by atoms with Gasteiger partial charge in [-0.05, 0) is 37.1 Å². The molecular weight excluding hydrogens is 304 g/mol. The van der Waals surface area contributed by atoms with Gasteiger partial charge in [0.15, 0.2) is 11.5 Å². The molecule has 1 aromatic rings. The fraction of sp³-hybridized carbons (Fsp3) is 0.632. The van der Waals surface area contributed by atoms with Gasteiger partial charge in [-0.2, -0.15) is 0 Å². The summed E-state index contributed by atoms with van der Waals surface area (Å²) >= 11 is 0. The highest BCUT2D eigenvalue weighted by atomic mass is 16.5. The van der Waals surface area contributed by atoms with Crippen LogP contribution >= 0.6 is 0 Å². The lowest BCUT2D eigenvalue weighted by atomic mass is 10.1. The van der Waals surface area contributed by atoms with E-state index in [1.165, 1.54) is 39.2 Å². The first-order chi connectivity index (χ1) is 11.7. The molecule has 0 saturated carbocycles. The molecule has 0 heterocycles. The van der Waals surface area contributed by atoms with Crippen LogP contribution in [-0.2, 0) is 11.3 Å². The molecule has 0 spiro atoms. The molecule has 0 aliphatic carbocycles. The standard InChI is InChI=1S/C19H32N2O3/c1-24-18-14-16(11-12-17(18)22)15-21-19(23)10-8-6-4-2-3-5-7-9-13-20/h11-12,14,22H,2-10,13,15,20H2,1H3,(H,21,23). The van der Waals surface area contributed by atoms with Gasteiger partial charge in [-0.1, -0.05) is 44.6 Å². The number of aromatic hydroxyl groups is 1. The first kappa shape index (κ1) is 20.3. The number of hydrogen-bond donors (Lipinski definition) is 3. The third-order valence-corrected chi connectivity index (χ3v) is 4.09. The van der Waals surface area contributed by atoms with E-state index in [0.29, 0.717) is 18.7 Å². The number of benzene rings is 1. The second kappa shape index (κ2) is 12.6. The average Bonchev–Trinajstić information content (AvgIpc) is 2.59. The largest absolute Gasteiger partial charge is 0.504 e. The van der Waals surface area contributed by atoms with Crippen molar-refractivity contribution in [3.05, 3.63) is 23.8 Å². The van der Waals surface area contributed by atoms with E-state index in [4.69, 9.17) is 10.5 Å². The molecule has 5 heteroatoms. The quantitative estimate of drug-likeness (QED) is 0.481. The molecule has 24 heavy (non-hydrogen) atoms. The number of carbonyl (C=O) groups excluding carboxylic acids is 1. The third-order valence-electron chi connectivity index (χ3n) is 4.09. The molecule has 5 nitrogen and oxygen atoms in total. The topological polar surface area (TPSA) is 84.6 Å². The molecule has 1 aromatic carbocycles. The molecule has 0 aromatic heterocycles. The molecule has 0 unspecified atom stereocenters. The zero-order valence-corrected chi connectivity index (χ0v) is 14.9. The lowest BCUT2D eigenvalue weighted by molar-refractivity contribution is -0.121. The minimum atomic E-state index is 0.0741. The molecule has 0 saturated heterocycles. The van der Waals surface area contributed by atoms with Crippen molar-refractivity contribution < 1.29 is 14.6 Å². The number of ether oxygens (including phenoxy) is 1. The summed E-state index contributed by atoms with van der Waals surface area (Å²) in [6.07, 6.45) is 9.98. The summed E-state index contributed by atoms with van der Waals surface area (Å²) in [5.41, 5.74) is 6.38. The SMILES string of the molecule is COc1cc(CNC(=O)CCCCCCCCCCN)ccc1O. The van der Waals surface area contributed by atoms with E-state index in [1.54, 1.807) is 18.2 Å². The van der Waals surface area contributed by atoms with Gasteiger partial charge in [0, 0.05) is 13.0 Å². The summed E-state index contributed by atoms with van der Waals surface area (Å²) in [5, 5.41) is 12.4. The molecule has 4 N–H and O–H groups in total. The molecule has 0 aliphatic rings. The summed E-state index contributed by atoms with van der Waals surface area (Å²) in [6, 6.07) is 5.09. The maximum absolute atomic E-state index is 11.8. The lowest BCUT2D eigenvalue weighted by Gasteiger charge is -2.08. The summed E-state index contributed by atoms with van der Waals surface area (Å²) in [6.45, 7) is 1.25. The van der Waals surface area contributed by atoms with Crippen LogP contribution in [0.15, 0.2) is 18.2 Å². The number of nitrogens with two attached hydrogens (primary N) is 1. The third kappa shape index (κ3) is 8.77. The van der Waals surface area contributed by atoms with Crippen molar-refractivity contribution in [2.45, 2.75) is 64.3 Å². The van der Waals surface area contributed by atoms with Crippen LogP contribution in [0.5, 0.6) is 11.5 Å². The van der Waals surface area contributed by atoms with Gasteiger partial charge in [0.05, 0.1) is 7.11 Å². The number of phenolic OH excluding ortho intramolecular Hbond substituents is 1. The van der Waals surface area contributed by atoms with Crippen LogP contribution in [0.4, 0.5) is 0 Å². The second-order valence-corrected chi connectivity index (χ2v) is 6.15. The molecule has 0 radical (unpaired) electrons. The first-order valence-corrected chi connectivity index (χ1v) is 9.00. The Labute approximate surface area is 145 Å². The van der Waals surface area contributed by atoms with E-state index in [9.17, 15) is 9.90 Å². The molecule has 0 bridgehead atoms. The number of phenols is 1. The van der Waals surface area contributed by atoms with Crippen LogP contribution < -0.4 is 15.8 Å². The fourth-order valence-electron chi connectivity index (χ4n) is 2.61. The zero-order valence-electron chi connectivity index (χ0n) is 14.9. The fourth-order valence-corrected chi connectivity index (χ4v) is 2.61. The Bertz CT molecular complexity index is 478. The highest BCUT2D eigenvalue weighted by molar-refractivity contribution is 5.75. The monoisotopic (exact) mass is 336 g/mol. The normalized spacial score (nSPS) is 10.6. The van der Waals surface area contributed by atoms with Gasteiger partial charge in [-0.3, -0.25) is 4.79 Å². The van der Waals surface area contributed by atoms with Gasteiger partial charge in [-0.15, -0.1) is 0 Å². The van der Waals surface area contributed by atoms with Crippen LogP contribution in [0.2, 0.25) is 0 Å². The van der Waals surface area contributed by atoms with E-state index in [0.717, 1.165) is 31.4 Å². The van der Waals surface area contributed by atoms with E-state index < -0.39 is 0 Å².